The summed E-state index contributed by atoms with van der Waals surface area (Å²) in [5.41, 5.74) is 6.76. The SMILES string of the molecule is Br.NC(=O)Cc1ccc(-c2cccc(-c3cc(N4CCNCC4)no3)c2O)cc1F. The summed E-state index contributed by atoms with van der Waals surface area (Å²) in [4.78, 5) is 13.1. The second-order valence-electron chi connectivity index (χ2n) is 6.94. The lowest BCUT2D eigenvalue weighted by molar-refractivity contribution is -0.117. The lowest BCUT2D eigenvalue weighted by Crippen LogP contribution is -2.43. The molecule has 7 nitrogen and oxygen atoms in total. The largest absolute Gasteiger partial charge is 0.507 e. The third-order valence-corrected chi connectivity index (χ3v) is 4.97. The molecule has 1 fully saturated rings. The van der Waals surface area contributed by atoms with Crippen LogP contribution in [0.1, 0.15) is 5.56 Å². The summed E-state index contributed by atoms with van der Waals surface area (Å²) in [6.45, 7) is 3.41. The van der Waals surface area contributed by atoms with Crippen LogP contribution in [0.15, 0.2) is 47.0 Å². The molecule has 1 saturated heterocycles. The van der Waals surface area contributed by atoms with Gasteiger partial charge >= 0.3 is 0 Å². The molecule has 0 atom stereocenters. The molecule has 0 spiro atoms. The number of hydrogen-bond acceptors (Lipinski definition) is 6. The van der Waals surface area contributed by atoms with E-state index in [4.69, 9.17) is 10.3 Å². The van der Waals surface area contributed by atoms with Gasteiger partial charge in [-0.2, -0.15) is 0 Å². The molecule has 1 amide bonds. The molecule has 1 aliphatic rings. The van der Waals surface area contributed by atoms with Crippen molar-refractivity contribution in [3.05, 3.63) is 53.8 Å². The molecule has 158 valence electrons. The standard InChI is InChI=1S/C21H21FN4O3.BrH/c22-17-10-13(4-5-14(17)11-19(23)27)15-2-1-3-16(21(15)28)18-12-20(25-29-18)26-8-6-24-7-9-26;/h1-5,10,12,24,28H,6-9,11H2,(H2,23,27);1H. The minimum Gasteiger partial charge on any atom is -0.507 e. The number of carbonyl (C=O) groups is 1. The summed E-state index contributed by atoms with van der Waals surface area (Å²) in [5.74, 6) is -0.0340. The number of piperazine rings is 1. The van der Waals surface area contributed by atoms with E-state index in [1.165, 1.54) is 12.1 Å². The highest BCUT2D eigenvalue weighted by Crippen LogP contribution is 2.39. The van der Waals surface area contributed by atoms with E-state index in [0.717, 1.165) is 26.2 Å². The molecular weight excluding hydrogens is 455 g/mol. The number of aromatic hydroxyl groups is 1. The van der Waals surface area contributed by atoms with Gasteiger partial charge in [-0.25, -0.2) is 4.39 Å². The maximum atomic E-state index is 14.3. The molecular formula is C21H22BrFN4O3. The van der Waals surface area contributed by atoms with Gasteiger partial charge in [-0.15, -0.1) is 17.0 Å². The number of phenols is 1. The zero-order valence-corrected chi connectivity index (χ0v) is 17.8. The summed E-state index contributed by atoms with van der Waals surface area (Å²) < 4.78 is 19.8. The normalized spacial score (nSPS) is 13.7. The molecule has 2 heterocycles. The summed E-state index contributed by atoms with van der Waals surface area (Å²) in [6, 6.07) is 11.4. The van der Waals surface area contributed by atoms with E-state index in [-0.39, 0.29) is 34.7 Å². The molecule has 30 heavy (non-hydrogen) atoms. The van der Waals surface area contributed by atoms with Crippen molar-refractivity contribution in [2.75, 3.05) is 31.1 Å². The first-order valence-electron chi connectivity index (χ1n) is 9.35. The van der Waals surface area contributed by atoms with Crippen LogP contribution in [0.2, 0.25) is 0 Å². The quantitative estimate of drug-likeness (QED) is 0.522. The maximum absolute atomic E-state index is 14.3. The Balaban J connectivity index is 0.00000256. The summed E-state index contributed by atoms with van der Waals surface area (Å²) >= 11 is 0. The van der Waals surface area contributed by atoms with Crippen LogP contribution in [0.5, 0.6) is 5.75 Å². The third-order valence-electron chi connectivity index (χ3n) is 4.97. The smallest absolute Gasteiger partial charge is 0.221 e. The molecule has 0 radical (unpaired) electrons. The average molecular weight is 477 g/mol. The maximum Gasteiger partial charge on any atom is 0.221 e. The van der Waals surface area contributed by atoms with E-state index in [1.807, 2.05) is 0 Å². The van der Waals surface area contributed by atoms with E-state index in [0.29, 0.717) is 28.3 Å². The van der Waals surface area contributed by atoms with Crippen molar-refractivity contribution in [3.63, 3.8) is 0 Å². The van der Waals surface area contributed by atoms with Crippen molar-refractivity contribution in [3.8, 4) is 28.2 Å². The van der Waals surface area contributed by atoms with Crippen molar-refractivity contribution >= 4 is 28.7 Å². The van der Waals surface area contributed by atoms with Gasteiger partial charge in [0.25, 0.3) is 0 Å². The predicted molar refractivity (Wildman–Crippen MR) is 117 cm³/mol. The number of nitrogens with one attached hydrogen (secondary N) is 1. The fraction of sp³-hybridized carbons (Fsp3) is 0.238. The summed E-state index contributed by atoms with van der Waals surface area (Å²) in [5, 5.41) is 18.2. The van der Waals surface area contributed by atoms with Gasteiger partial charge in [0.15, 0.2) is 11.6 Å². The Labute approximate surface area is 183 Å². The summed E-state index contributed by atoms with van der Waals surface area (Å²) in [6.07, 6.45) is -0.176. The van der Waals surface area contributed by atoms with Gasteiger partial charge in [0.05, 0.1) is 12.0 Å². The van der Waals surface area contributed by atoms with Crippen molar-refractivity contribution in [1.29, 1.82) is 0 Å². The Hall–Kier alpha value is -2.91. The highest BCUT2D eigenvalue weighted by atomic mass is 79.9. The number of para-hydroxylation sites is 1. The topological polar surface area (TPSA) is 105 Å². The first-order chi connectivity index (χ1) is 14.0. The molecule has 2 aromatic carbocycles. The number of amides is 1. The van der Waals surface area contributed by atoms with Gasteiger partial charge in [0.1, 0.15) is 11.6 Å². The molecule has 4 N–H and O–H groups in total. The molecule has 0 unspecified atom stereocenters. The van der Waals surface area contributed by atoms with E-state index in [1.54, 1.807) is 30.3 Å². The number of phenolic OH excluding ortho intramolecular Hbond substituents is 1. The second-order valence-corrected chi connectivity index (χ2v) is 6.94. The number of rotatable bonds is 5. The number of nitrogens with two attached hydrogens (primary N) is 1. The van der Waals surface area contributed by atoms with Gasteiger partial charge in [0, 0.05) is 37.8 Å². The predicted octanol–water partition coefficient (Wildman–Crippen LogP) is 2.87. The Morgan fingerprint density at radius 3 is 2.63 bits per heavy atom. The van der Waals surface area contributed by atoms with Crippen LogP contribution < -0.4 is 16.0 Å². The number of carbonyl (C=O) groups excluding carboxylic acids is 1. The van der Waals surface area contributed by atoms with Crippen LogP contribution in [-0.2, 0) is 11.2 Å². The van der Waals surface area contributed by atoms with Gasteiger partial charge < -0.3 is 25.6 Å². The third kappa shape index (κ3) is 4.47. The van der Waals surface area contributed by atoms with Crippen LogP contribution in [0, 0.1) is 5.82 Å². The van der Waals surface area contributed by atoms with Crippen LogP contribution in [0.3, 0.4) is 0 Å². The van der Waals surface area contributed by atoms with Crippen molar-refractivity contribution < 1.29 is 18.8 Å². The highest BCUT2D eigenvalue weighted by molar-refractivity contribution is 8.93. The molecule has 1 aromatic heterocycles. The van der Waals surface area contributed by atoms with Crippen molar-refractivity contribution in [1.82, 2.24) is 10.5 Å². The van der Waals surface area contributed by atoms with E-state index in [2.05, 4.69) is 15.4 Å². The Morgan fingerprint density at radius 1 is 1.20 bits per heavy atom. The lowest BCUT2D eigenvalue weighted by atomic mass is 9.98. The van der Waals surface area contributed by atoms with E-state index >= 15 is 0 Å². The van der Waals surface area contributed by atoms with E-state index < -0.39 is 11.7 Å². The van der Waals surface area contributed by atoms with Crippen LogP contribution in [-0.4, -0.2) is 42.3 Å². The minimum atomic E-state index is -0.605. The van der Waals surface area contributed by atoms with Crippen LogP contribution in [0.4, 0.5) is 10.2 Å². The monoisotopic (exact) mass is 476 g/mol. The number of aromatic nitrogens is 1. The van der Waals surface area contributed by atoms with Crippen LogP contribution in [0.25, 0.3) is 22.5 Å². The zero-order chi connectivity index (χ0) is 20.4. The highest BCUT2D eigenvalue weighted by Gasteiger charge is 2.19. The molecule has 0 bridgehead atoms. The molecule has 9 heteroatoms. The fourth-order valence-corrected chi connectivity index (χ4v) is 3.46. The first-order valence-corrected chi connectivity index (χ1v) is 9.35. The zero-order valence-electron chi connectivity index (χ0n) is 16.1. The Morgan fingerprint density at radius 2 is 1.93 bits per heavy atom. The number of hydrogen-bond donors (Lipinski definition) is 3. The molecule has 1 aliphatic heterocycles. The minimum absolute atomic E-state index is 0. The lowest BCUT2D eigenvalue weighted by Gasteiger charge is -2.26. The molecule has 0 aliphatic carbocycles. The van der Waals surface area contributed by atoms with Crippen LogP contribution >= 0.6 is 17.0 Å². The van der Waals surface area contributed by atoms with Gasteiger partial charge in [-0.3, -0.25) is 4.79 Å². The van der Waals surface area contributed by atoms with Crippen molar-refractivity contribution in [2.45, 2.75) is 6.42 Å². The second kappa shape index (κ2) is 9.27. The molecule has 3 aromatic rings. The first kappa shape index (κ1) is 21.8. The molecule has 4 rings (SSSR count). The summed E-state index contributed by atoms with van der Waals surface area (Å²) in [7, 11) is 0. The molecule has 0 saturated carbocycles. The Kier molecular flexibility index (Phi) is 6.73. The van der Waals surface area contributed by atoms with Crippen molar-refractivity contribution in [2.24, 2.45) is 5.73 Å². The number of primary amides is 1. The van der Waals surface area contributed by atoms with Gasteiger partial charge in [-0.1, -0.05) is 29.4 Å². The van der Waals surface area contributed by atoms with E-state index in [9.17, 15) is 14.3 Å². The van der Waals surface area contributed by atoms with Gasteiger partial charge in [0.2, 0.25) is 5.91 Å². The average Bonchev–Trinajstić information content (AvgIpc) is 3.20. The number of benzene rings is 2. The van der Waals surface area contributed by atoms with Gasteiger partial charge in [-0.05, 0) is 23.3 Å². The number of halogens is 2. The number of nitrogens with zero attached hydrogens (tertiary/aromatic N) is 2. The Bertz CT molecular complexity index is 1050. The fourth-order valence-electron chi connectivity index (χ4n) is 3.46. The number of anilines is 1.